The van der Waals surface area contributed by atoms with Gasteiger partial charge < -0.3 is 160 Å². The first-order chi connectivity index (χ1) is 60.9. The number of unbranched alkanes of at least 4 members (excludes halogenated alkanes) is 3. The second-order valence-corrected chi connectivity index (χ2v) is 31.6. The molecule has 0 aliphatic carbocycles. The molecule has 0 spiro atoms. The van der Waals surface area contributed by atoms with Crippen LogP contribution < -0.4 is 47.9 Å². The summed E-state index contributed by atoms with van der Waals surface area (Å²) in [6, 6.07) is -3.31. The van der Waals surface area contributed by atoms with E-state index in [9.17, 15) is 103 Å². The Morgan fingerprint density at radius 1 is 0.299 bits per heavy atom. The van der Waals surface area contributed by atoms with Crippen LogP contribution in [0.3, 0.4) is 0 Å². The summed E-state index contributed by atoms with van der Waals surface area (Å²) in [6.07, 6.45) is -11.0. The number of aliphatic hydroxyl groups excluding tert-OH is 9. The SMILES string of the molecule is CC(=O)NC1[C@H](OCCCCC(=O)NCCCNC(=O)CCOCC(COCCC(=O)NCCCNC(=O)CCCCO[C@@H]2OC(CO)[C@H](O)[C@H](O)C2NC(C)=O)(COCCC(=O)NCCCNC(=O)CCCCO[C@@H]2OC(CO)[C@H](O)[C@H](O)C2NC(C)=O)CC(=O)CCOCCOCCOCCOCCOCCC(=O)CCCC(=O)C(C)C)OC(CO)[C@H](O)[C@@H]1O. The third-order valence-electron chi connectivity index (χ3n) is 20.3. The number of carbonyl (C=O) groups excluding carboxylic acids is 12. The van der Waals surface area contributed by atoms with Crippen LogP contribution in [0.15, 0.2) is 0 Å². The van der Waals surface area contributed by atoms with E-state index < -0.39 is 135 Å². The van der Waals surface area contributed by atoms with Crippen LogP contribution in [0.25, 0.3) is 0 Å². The van der Waals surface area contributed by atoms with Gasteiger partial charge in [0.05, 0.1) is 126 Å². The van der Waals surface area contributed by atoms with Gasteiger partial charge in [-0.15, -0.1) is 0 Å². The number of carbonyl (C=O) groups is 12. The average Bonchev–Trinajstić information content (AvgIpc) is 0.814. The number of ether oxygens (including phenoxy) is 14. The molecule has 3 saturated heterocycles. The first-order valence-electron chi connectivity index (χ1n) is 44.3. The molecule has 0 bridgehead atoms. The van der Waals surface area contributed by atoms with Crippen molar-refractivity contribution in [3.63, 3.8) is 0 Å². The van der Waals surface area contributed by atoms with E-state index in [1.807, 2.05) is 13.8 Å². The molecule has 3 rings (SSSR count). The molecular weight excluding hydrogens is 1680 g/mol. The van der Waals surface area contributed by atoms with Crippen molar-refractivity contribution >= 4 is 70.5 Å². The molecule has 0 aromatic carbocycles. The van der Waals surface area contributed by atoms with E-state index in [1.54, 1.807) is 0 Å². The summed E-state index contributed by atoms with van der Waals surface area (Å²) < 4.78 is 80.3. The smallest absolute Gasteiger partial charge is 0.222 e. The second-order valence-electron chi connectivity index (χ2n) is 31.6. The van der Waals surface area contributed by atoms with E-state index in [-0.39, 0.29) is 255 Å². The maximum atomic E-state index is 14.1. The predicted molar refractivity (Wildman–Crippen MR) is 448 cm³/mol. The minimum absolute atomic E-state index is 0.00331. The first kappa shape index (κ1) is 114. The van der Waals surface area contributed by atoms with Gasteiger partial charge in [-0.2, -0.15) is 0 Å². The normalized spacial score (nSPS) is 22.7. The van der Waals surface area contributed by atoms with Gasteiger partial charge in [0.15, 0.2) is 18.9 Å². The summed E-state index contributed by atoms with van der Waals surface area (Å²) in [4.78, 5) is 151. The van der Waals surface area contributed by atoms with Gasteiger partial charge in [0.1, 0.15) is 90.4 Å². The van der Waals surface area contributed by atoms with Gasteiger partial charge in [0.2, 0.25) is 53.2 Å². The van der Waals surface area contributed by atoms with Crippen molar-refractivity contribution in [2.75, 3.05) is 185 Å². The number of nitrogens with one attached hydrogen (secondary N) is 9. The van der Waals surface area contributed by atoms with Crippen LogP contribution in [-0.2, 0) is 124 Å². The third kappa shape index (κ3) is 51.6. The number of hydrogen-bond donors (Lipinski definition) is 18. The monoisotopic (exact) mass is 1830 g/mol. The summed E-state index contributed by atoms with van der Waals surface area (Å²) in [7, 11) is 0. The van der Waals surface area contributed by atoms with Crippen LogP contribution >= 0.6 is 0 Å². The van der Waals surface area contributed by atoms with Crippen LogP contribution in [0.5, 0.6) is 0 Å². The lowest BCUT2D eigenvalue weighted by molar-refractivity contribution is -0.270. The molecule has 3 aliphatic heterocycles. The van der Waals surface area contributed by atoms with E-state index in [1.165, 1.54) is 20.8 Å². The number of amides is 9. The van der Waals surface area contributed by atoms with Crippen LogP contribution in [0.4, 0.5) is 0 Å². The van der Waals surface area contributed by atoms with Gasteiger partial charge in [0.25, 0.3) is 0 Å². The Labute approximate surface area is 742 Å². The van der Waals surface area contributed by atoms with Crippen molar-refractivity contribution < 1.29 is 170 Å². The number of hydrogen-bond acceptors (Lipinski definition) is 35. The average molecular weight is 1830 g/mol. The van der Waals surface area contributed by atoms with Crippen LogP contribution in [-0.4, -0.2) is 393 Å². The van der Waals surface area contributed by atoms with Gasteiger partial charge in [0, 0.05) is 162 Å². The summed E-state index contributed by atoms with van der Waals surface area (Å²) in [5.41, 5.74) is -1.26. The Morgan fingerprint density at radius 3 is 0.843 bits per heavy atom. The number of ketones is 3. The molecule has 734 valence electrons. The van der Waals surface area contributed by atoms with Crippen LogP contribution in [0.1, 0.15) is 169 Å². The topological polar surface area (TPSA) is 624 Å². The Kier molecular flexibility index (Phi) is 62.4. The highest BCUT2D eigenvalue weighted by Crippen LogP contribution is 2.29. The molecule has 18 N–H and O–H groups in total. The molecule has 0 saturated carbocycles. The Bertz CT molecular complexity index is 2870. The maximum Gasteiger partial charge on any atom is 0.222 e. The predicted octanol–water partition coefficient (Wildman–Crippen LogP) is -4.76. The van der Waals surface area contributed by atoms with Gasteiger partial charge in [-0.25, -0.2) is 0 Å². The Balaban J connectivity index is 1.58. The van der Waals surface area contributed by atoms with Crippen LogP contribution in [0, 0.1) is 11.3 Å². The molecule has 3 fully saturated rings. The molecule has 9 amide bonds. The highest BCUT2D eigenvalue weighted by atomic mass is 16.7. The van der Waals surface area contributed by atoms with E-state index in [2.05, 4.69) is 47.9 Å². The quantitative estimate of drug-likeness (QED) is 0.0254. The summed E-state index contributed by atoms with van der Waals surface area (Å²) in [5, 5.41) is 115. The molecule has 0 radical (unpaired) electrons. The van der Waals surface area contributed by atoms with Crippen molar-refractivity contribution in [2.45, 2.75) is 261 Å². The van der Waals surface area contributed by atoms with Crippen LogP contribution in [0.2, 0.25) is 0 Å². The van der Waals surface area contributed by atoms with E-state index in [4.69, 9.17) is 66.3 Å². The van der Waals surface area contributed by atoms with Crippen molar-refractivity contribution in [3.8, 4) is 0 Å². The standard InChI is InChI=1S/C83H147N9O35/c1-55(2)61(101)17-12-16-59(99)21-35-114-40-42-116-44-46-118-47-45-117-43-41-115-36-22-60(100)48-83(52-119-37-23-68(105)87-29-13-26-84-65(102)18-6-9-32-122-80-71(90-56(3)96)77(111)74(108)62(49-93)125-80,53-120-38-24-69(106)88-30-14-27-85-66(103)19-7-10-33-123-81-72(91-57(4)97)78(112)75(109)63(50-94)126-81)54-121-39-25-70(107)89-31-15-28-86-67(104)20-8-11-34-124-82-73(92-58(5)98)79(113)76(110)64(51-95)127-82/h55,62-64,71-82,93-95,108-113H,6-54H2,1-5H3,(H,84,102)(H,85,103)(H,86,104)(H,87,105)(H,88,106)(H,89,107)(H,90,96)(H,91,97)(H,92,98)/t62?,63?,64?,71?,72?,73?,74-,75-,76-,77+,78+,79+,80+,81+,82+,83?/m0/s1. The minimum atomic E-state index is -1.47. The van der Waals surface area contributed by atoms with Gasteiger partial charge in [-0.3, -0.25) is 57.5 Å². The second kappa shape index (κ2) is 69.2. The number of rotatable bonds is 76. The molecule has 0 aromatic rings. The van der Waals surface area contributed by atoms with E-state index >= 15 is 0 Å². The summed E-state index contributed by atoms with van der Waals surface area (Å²) in [5.74, 6) is -3.58. The third-order valence-corrected chi connectivity index (χ3v) is 20.3. The van der Waals surface area contributed by atoms with Crippen molar-refractivity contribution in [1.82, 2.24) is 47.9 Å². The molecule has 127 heavy (non-hydrogen) atoms. The largest absolute Gasteiger partial charge is 0.394 e. The Hall–Kier alpha value is -6.68. The lowest BCUT2D eigenvalue weighted by Gasteiger charge is -2.42. The fraction of sp³-hybridized carbons (Fsp3) is 0.855. The number of Topliss-reactive ketones (excluding diaryl/α,β-unsaturated/α-hetero) is 3. The molecule has 44 nitrogen and oxygen atoms in total. The maximum absolute atomic E-state index is 14.1. The molecule has 6 unspecified atom stereocenters. The highest BCUT2D eigenvalue weighted by molar-refractivity contribution is 5.83. The van der Waals surface area contributed by atoms with E-state index in [0.29, 0.717) is 103 Å². The fourth-order valence-electron chi connectivity index (χ4n) is 13.1. The highest BCUT2D eigenvalue weighted by Gasteiger charge is 2.48. The minimum Gasteiger partial charge on any atom is -0.394 e. The van der Waals surface area contributed by atoms with Gasteiger partial charge in [-0.05, 0) is 64.2 Å². The van der Waals surface area contributed by atoms with Crippen molar-refractivity contribution in [1.29, 1.82) is 0 Å². The fourth-order valence-corrected chi connectivity index (χ4v) is 13.1. The lowest BCUT2D eigenvalue weighted by atomic mass is 9.84. The first-order valence-corrected chi connectivity index (χ1v) is 44.3. The Morgan fingerprint density at radius 2 is 0.567 bits per heavy atom. The van der Waals surface area contributed by atoms with E-state index in [0.717, 1.165) is 0 Å². The molecule has 15 atom stereocenters. The van der Waals surface area contributed by atoms with Gasteiger partial charge in [-0.1, -0.05) is 13.8 Å². The molecular formula is C83H147N9O35. The molecule has 3 aliphatic rings. The summed E-state index contributed by atoms with van der Waals surface area (Å²) in [6.45, 7) is 8.38. The van der Waals surface area contributed by atoms with Crippen molar-refractivity contribution in [2.24, 2.45) is 11.3 Å². The lowest BCUT2D eigenvalue weighted by Crippen LogP contribution is -2.64. The zero-order valence-electron chi connectivity index (χ0n) is 74.5. The molecule has 44 heteroatoms. The molecule has 3 heterocycles. The van der Waals surface area contributed by atoms with Gasteiger partial charge >= 0.3 is 0 Å². The summed E-state index contributed by atoms with van der Waals surface area (Å²) >= 11 is 0. The molecule has 0 aromatic heterocycles. The zero-order valence-corrected chi connectivity index (χ0v) is 74.5. The van der Waals surface area contributed by atoms with Crippen molar-refractivity contribution in [3.05, 3.63) is 0 Å². The number of aliphatic hydroxyl groups is 9. The zero-order chi connectivity index (χ0) is 93.6.